The molecule has 1 aromatic rings. The second-order valence-electron chi connectivity index (χ2n) is 6.01. The molecule has 2 rings (SSSR count). The molecule has 0 unspecified atom stereocenters. The lowest BCUT2D eigenvalue weighted by Crippen LogP contribution is -2.44. The Morgan fingerprint density at radius 3 is 2.61 bits per heavy atom. The molecule has 0 saturated heterocycles. The van der Waals surface area contributed by atoms with Crippen molar-refractivity contribution in [3.05, 3.63) is 29.8 Å². The Bertz CT molecular complexity index is 570. The second-order valence-corrected chi connectivity index (χ2v) is 6.42. The van der Waals surface area contributed by atoms with Gasteiger partial charge in [-0.15, -0.1) is 0 Å². The summed E-state index contributed by atoms with van der Waals surface area (Å²) in [5.74, 6) is 0.565. The summed E-state index contributed by atoms with van der Waals surface area (Å²) < 4.78 is 0. The Balaban J connectivity index is 1.79. The van der Waals surface area contributed by atoms with Crippen LogP contribution < -0.4 is 16.1 Å². The molecule has 23 heavy (non-hydrogen) atoms. The maximum atomic E-state index is 11.0. The van der Waals surface area contributed by atoms with Gasteiger partial charge in [0.1, 0.15) is 0 Å². The van der Waals surface area contributed by atoms with Crippen molar-refractivity contribution in [2.45, 2.75) is 45.6 Å². The standard InChI is InChI=1S/C17H24N4OS/c1-12-5-3-4-6-16(12)20-17(23)21-18-11-14-7-9-15(10-8-14)19-13(2)22/h7-12,16H,3-6H2,1-2H3,(H,19,22)(H2,20,21,23)/b18-11-/t12-,16+/m0/s1. The van der Waals surface area contributed by atoms with Crippen LogP contribution in [0.5, 0.6) is 0 Å². The highest BCUT2D eigenvalue weighted by atomic mass is 32.1. The van der Waals surface area contributed by atoms with Crippen LogP contribution in [0.2, 0.25) is 0 Å². The Kier molecular flexibility index (Phi) is 6.52. The van der Waals surface area contributed by atoms with Crippen molar-refractivity contribution in [1.82, 2.24) is 10.7 Å². The Morgan fingerprint density at radius 2 is 1.96 bits per heavy atom. The van der Waals surface area contributed by atoms with E-state index in [1.807, 2.05) is 24.3 Å². The third kappa shape index (κ3) is 5.98. The molecule has 1 aliphatic rings. The molecule has 1 aromatic carbocycles. The molecule has 0 spiro atoms. The number of amides is 1. The molecule has 0 radical (unpaired) electrons. The average Bonchev–Trinajstić information content (AvgIpc) is 2.51. The Hall–Kier alpha value is -1.95. The van der Waals surface area contributed by atoms with Crippen LogP contribution in [0.15, 0.2) is 29.4 Å². The number of anilines is 1. The third-order valence-corrected chi connectivity index (χ3v) is 4.25. The minimum absolute atomic E-state index is 0.0820. The number of hydrazone groups is 1. The number of nitrogens with zero attached hydrogens (tertiary/aromatic N) is 1. The predicted octanol–water partition coefficient (Wildman–Crippen LogP) is 3.02. The summed E-state index contributed by atoms with van der Waals surface area (Å²) in [5.41, 5.74) is 4.57. The zero-order chi connectivity index (χ0) is 16.7. The maximum absolute atomic E-state index is 11.0. The summed E-state index contributed by atoms with van der Waals surface area (Å²) >= 11 is 5.29. The van der Waals surface area contributed by atoms with Crippen LogP contribution in [0.1, 0.15) is 45.1 Å². The van der Waals surface area contributed by atoms with Gasteiger partial charge >= 0.3 is 0 Å². The van der Waals surface area contributed by atoms with E-state index >= 15 is 0 Å². The van der Waals surface area contributed by atoms with Gasteiger partial charge in [-0.3, -0.25) is 10.2 Å². The lowest BCUT2D eigenvalue weighted by Gasteiger charge is -2.30. The third-order valence-electron chi connectivity index (χ3n) is 4.04. The van der Waals surface area contributed by atoms with Crippen LogP contribution >= 0.6 is 12.2 Å². The first-order valence-corrected chi connectivity index (χ1v) is 8.42. The lowest BCUT2D eigenvalue weighted by atomic mass is 9.86. The number of carbonyl (C=O) groups is 1. The van der Waals surface area contributed by atoms with E-state index in [4.69, 9.17) is 12.2 Å². The van der Waals surface area contributed by atoms with Gasteiger partial charge in [-0.1, -0.05) is 31.9 Å². The van der Waals surface area contributed by atoms with E-state index in [0.717, 1.165) is 17.7 Å². The molecule has 0 aromatic heterocycles. The van der Waals surface area contributed by atoms with Crippen LogP contribution in [-0.4, -0.2) is 23.3 Å². The summed E-state index contributed by atoms with van der Waals surface area (Å²) in [5, 5.41) is 10.8. The van der Waals surface area contributed by atoms with Gasteiger partial charge in [0.2, 0.25) is 5.91 Å². The first-order chi connectivity index (χ1) is 11.0. The quantitative estimate of drug-likeness (QED) is 0.450. The topological polar surface area (TPSA) is 65.5 Å². The van der Waals surface area contributed by atoms with Gasteiger partial charge in [0, 0.05) is 18.7 Å². The number of rotatable bonds is 4. The van der Waals surface area contributed by atoms with Crippen molar-refractivity contribution in [2.24, 2.45) is 11.0 Å². The first kappa shape index (κ1) is 17.4. The highest BCUT2D eigenvalue weighted by Gasteiger charge is 2.21. The van der Waals surface area contributed by atoms with Crippen molar-refractivity contribution in [1.29, 1.82) is 0 Å². The lowest BCUT2D eigenvalue weighted by molar-refractivity contribution is -0.114. The van der Waals surface area contributed by atoms with Crippen molar-refractivity contribution < 1.29 is 4.79 Å². The molecule has 0 heterocycles. The van der Waals surface area contributed by atoms with E-state index in [-0.39, 0.29) is 5.91 Å². The molecular weight excluding hydrogens is 308 g/mol. The second kappa shape index (κ2) is 8.62. The summed E-state index contributed by atoms with van der Waals surface area (Å²) in [6.45, 7) is 3.75. The van der Waals surface area contributed by atoms with Crippen LogP contribution in [0.25, 0.3) is 0 Å². The SMILES string of the molecule is CC(=O)Nc1ccc(/C=N\NC(=S)N[C@@H]2CCCC[C@@H]2C)cc1. The monoisotopic (exact) mass is 332 g/mol. The molecule has 5 nitrogen and oxygen atoms in total. The van der Waals surface area contributed by atoms with Crippen LogP contribution in [0.3, 0.4) is 0 Å². The van der Waals surface area contributed by atoms with E-state index in [2.05, 4.69) is 28.1 Å². The molecule has 0 aliphatic heterocycles. The Morgan fingerprint density at radius 1 is 1.26 bits per heavy atom. The summed E-state index contributed by atoms with van der Waals surface area (Å²) in [4.78, 5) is 11.0. The zero-order valence-electron chi connectivity index (χ0n) is 13.6. The average molecular weight is 332 g/mol. The first-order valence-electron chi connectivity index (χ1n) is 8.02. The smallest absolute Gasteiger partial charge is 0.221 e. The van der Waals surface area contributed by atoms with Gasteiger partial charge in [0.05, 0.1) is 6.21 Å². The van der Waals surface area contributed by atoms with Gasteiger partial charge in [0.15, 0.2) is 5.11 Å². The summed E-state index contributed by atoms with van der Waals surface area (Å²) in [6.07, 6.45) is 6.69. The van der Waals surface area contributed by atoms with Crippen molar-refractivity contribution in [2.75, 3.05) is 5.32 Å². The molecule has 1 aliphatic carbocycles. The van der Waals surface area contributed by atoms with E-state index < -0.39 is 0 Å². The van der Waals surface area contributed by atoms with Crippen LogP contribution in [0.4, 0.5) is 5.69 Å². The van der Waals surface area contributed by atoms with E-state index in [1.54, 1.807) is 6.21 Å². The number of carbonyl (C=O) groups excluding carboxylic acids is 1. The normalized spacial score (nSPS) is 21.0. The van der Waals surface area contributed by atoms with Crippen LogP contribution in [-0.2, 0) is 4.79 Å². The number of hydrogen-bond acceptors (Lipinski definition) is 3. The van der Waals surface area contributed by atoms with Gasteiger partial charge in [0.25, 0.3) is 0 Å². The van der Waals surface area contributed by atoms with Crippen molar-refractivity contribution in [3.63, 3.8) is 0 Å². The van der Waals surface area contributed by atoms with Gasteiger partial charge in [-0.2, -0.15) is 5.10 Å². The minimum atomic E-state index is -0.0820. The molecule has 124 valence electrons. The molecule has 1 fully saturated rings. The van der Waals surface area contributed by atoms with Gasteiger partial charge in [-0.05, 0) is 48.7 Å². The fraction of sp³-hybridized carbons (Fsp3) is 0.471. The van der Waals surface area contributed by atoms with Crippen molar-refractivity contribution >= 4 is 35.1 Å². The van der Waals surface area contributed by atoms with Crippen molar-refractivity contribution in [3.8, 4) is 0 Å². The molecule has 3 N–H and O–H groups in total. The summed E-state index contributed by atoms with van der Waals surface area (Å²) in [6, 6.07) is 7.88. The highest BCUT2D eigenvalue weighted by molar-refractivity contribution is 7.80. The number of nitrogens with one attached hydrogen (secondary N) is 3. The fourth-order valence-electron chi connectivity index (χ4n) is 2.75. The minimum Gasteiger partial charge on any atom is -0.358 e. The molecule has 2 atom stereocenters. The number of benzene rings is 1. The zero-order valence-corrected chi connectivity index (χ0v) is 14.5. The fourth-order valence-corrected chi connectivity index (χ4v) is 2.96. The number of thiocarbonyl (C=S) groups is 1. The van der Waals surface area contributed by atoms with Gasteiger partial charge in [-0.25, -0.2) is 0 Å². The van der Waals surface area contributed by atoms with E-state index in [9.17, 15) is 4.79 Å². The van der Waals surface area contributed by atoms with Crippen LogP contribution in [0, 0.1) is 5.92 Å². The van der Waals surface area contributed by atoms with Gasteiger partial charge < -0.3 is 10.6 Å². The predicted molar refractivity (Wildman–Crippen MR) is 98.6 cm³/mol. The molecule has 1 amide bonds. The molecular formula is C17H24N4OS. The van der Waals surface area contributed by atoms with E-state index in [0.29, 0.717) is 17.1 Å². The summed E-state index contributed by atoms with van der Waals surface area (Å²) in [7, 11) is 0. The maximum Gasteiger partial charge on any atom is 0.221 e. The highest BCUT2D eigenvalue weighted by Crippen LogP contribution is 2.23. The molecule has 6 heteroatoms. The Labute approximate surface area is 142 Å². The van der Waals surface area contributed by atoms with E-state index in [1.165, 1.54) is 26.2 Å². The molecule has 1 saturated carbocycles. The largest absolute Gasteiger partial charge is 0.358 e. The molecule has 0 bridgehead atoms. The number of hydrogen-bond donors (Lipinski definition) is 3.